The number of amides is 1. The third-order valence-corrected chi connectivity index (χ3v) is 4.44. The van der Waals surface area contributed by atoms with Crippen molar-refractivity contribution >= 4 is 17.7 Å². The van der Waals surface area contributed by atoms with Gasteiger partial charge in [0.05, 0.1) is 6.04 Å². The fourth-order valence-corrected chi connectivity index (χ4v) is 3.14. The van der Waals surface area contributed by atoms with Crippen molar-refractivity contribution in [2.75, 3.05) is 25.1 Å². The number of piperidine rings is 1. The fraction of sp³-hybridized carbons (Fsp3) is 0.769. The molecule has 1 aromatic rings. The van der Waals surface area contributed by atoms with E-state index in [0.717, 1.165) is 37.4 Å². The van der Waals surface area contributed by atoms with Crippen molar-refractivity contribution in [2.24, 2.45) is 12.8 Å². The van der Waals surface area contributed by atoms with Crippen molar-refractivity contribution < 1.29 is 4.79 Å². The molecule has 0 radical (unpaired) electrons. The van der Waals surface area contributed by atoms with E-state index >= 15 is 0 Å². The van der Waals surface area contributed by atoms with Crippen LogP contribution in [0.2, 0.25) is 0 Å². The Morgan fingerprint density at radius 3 is 3.10 bits per heavy atom. The lowest BCUT2D eigenvalue weighted by molar-refractivity contribution is -0.133. The van der Waals surface area contributed by atoms with Crippen LogP contribution >= 0.6 is 11.8 Å². The largest absolute Gasteiger partial charge is 0.341 e. The summed E-state index contributed by atoms with van der Waals surface area (Å²) < 4.78 is 1.94. The Balaban J connectivity index is 1.96. The summed E-state index contributed by atoms with van der Waals surface area (Å²) in [7, 11) is 1.94. The molecule has 1 saturated heterocycles. The molecule has 2 heterocycles. The molecule has 7 heteroatoms. The predicted molar refractivity (Wildman–Crippen MR) is 80.5 cm³/mol. The van der Waals surface area contributed by atoms with Crippen LogP contribution in [0.3, 0.4) is 0 Å². The van der Waals surface area contributed by atoms with E-state index in [0.29, 0.717) is 6.54 Å². The van der Waals surface area contributed by atoms with Gasteiger partial charge < -0.3 is 15.2 Å². The number of thioether (sulfide) groups is 1. The van der Waals surface area contributed by atoms with Crippen LogP contribution in [-0.2, 0) is 11.8 Å². The molecule has 20 heavy (non-hydrogen) atoms. The average molecular weight is 297 g/mol. The van der Waals surface area contributed by atoms with E-state index in [1.165, 1.54) is 0 Å². The molecule has 1 aromatic heterocycles. The third-order valence-electron chi connectivity index (χ3n) is 3.79. The van der Waals surface area contributed by atoms with Gasteiger partial charge >= 0.3 is 0 Å². The van der Waals surface area contributed by atoms with Gasteiger partial charge in [-0.25, -0.2) is 0 Å². The van der Waals surface area contributed by atoms with Gasteiger partial charge in [0.15, 0.2) is 0 Å². The monoisotopic (exact) mass is 297 g/mol. The molecule has 1 unspecified atom stereocenters. The summed E-state index contributed by atoms with van der Waals surface area (Å²) in [4.78, 5) is 14.2. The van der Waals surface area contributed by atoms with E-state index in [1.54, 1.807) is 18.1 Å². The van der Waals surface area contributed by atoms with Gasteiger partial charge in [-0.3, -0.25) is 4.79 Å². The highest BCUT2D eigenvalue weighted by molar-refractivity contribution is 7.98. The van der Waals surface area contributed by atoms with Crippen LogP contribution in [-0.4, -0.2) is 56.7 Å². The number of hydrogen-bond donors (Lipinski definition) is 1. The molecule has 1 amide bonds. The molecule has 0 spiro atoms. The van der Waals surface area contributed by atoms with Gasteiger partial charge in [0, 0.05) is 26.1 Å². The van der Waals surface area contributed by atoms with Crippen LogP contribution in [0.5, 0.6) is 0 Å². The summed E-state index contributed by atoms with van der Waals surface area (Å²) >= 11 is 1.72. The Bertz CT molecular complexity index is 450. The SMILES string of the molecule is CSCC[C@H](N)C(=O)N1CCCC(c2nncn2C)C1. The third kappa shape index (κ3) is 3.52. The average Bonchev–Trinajstić information content (AvgIpc) is 2.90. The van der Waals surface area contributed by atoms with Gasteiger partial charge in [0.25, 0.3) is 0 Å². The number of carbonyl (C=O) groups excluding carboxylic acids is 1. The summed E-state index contributed by atoms with van der Waals surface area (Å²) in [5.41, 5.74) is 5.99. The number of aryl methyl sites for hydroxylation is 1. The smallest absolute Gasteiger partial charge is 0.239 e. The van der Waals surface area contributed by atoms with Crippen LogP contribution in [0.15, 0.2) is 6.33 Å². The molecule has 6 nitrogen and oxygen atoms in total. The second-order valence-corrected chi connectivity index (χ2v) is 6.30. The van der Waals surface area contributed by atoms with Gasteiger partial charge in [-0.1, -0.05) is 0 Å². The van der Waals surface area contributed by atoms with Gasteiger partial charge in [0.1, 0.15) is 12.2 Å². The highest BCUT2D eigenvalue weighted by atomic mass is 32.2. The maximum atomic E-state index is 12.4. The Morgan fingerprint density at radius 1 is 1.65 bits per heavy atom. The Hall–Kier alpha value is -1.08. The summed E-state index contributed by atoms with van der Waals surface area (Å²) in [6.45, 7) is 1.51. The zero-order valence-electron chi connectivity index (χ0n) is 12.2. The highest BCUT2D eigenvalue weighted by Crippen LogP contribution is 2.25. The molecule has 0 bridgehead atoms. The Morgan fingerprint density at radius 2 is 2.45 bits per heavy atom. The van der Waals surface area contributed by atoms with Crippen LogP contribution in [0.25, 0.3) is 0 Å². The maximum Gasteiger partial charge on any atom is 0.239 e. The van der Waals surface area contributed by atoms with Crippen molar-refractivity contribution in [1.82, 2.24) is 19.7 Å². The molecule has 2 rings (SSSR count). The minimum atomic E-state index is -0.374. The number of aromatic nitrogens is 3. The minimum absolute atomic E-state index is 0.0749. The van der Waals surface area contributed by atoms with E-state index in [2.05, 4.69) is 10.2 Å². The van der Waals surface area contributed by atoms with Gasteiger partial charge in [-0.15, -0.1) is 10.2 Å². The molecule has 0 aromatic carbocycles. The molecular formula is C13H23N5OS. The van der Waals surface area contributed by atoms with Crippen LogP contribution in [0, 0.1) is 0 Å². The van der Waals surface area contributed by atoms with Crippen molar-refractivity contribution in [2.45, 2.75) is 31.2 Å². The summed E-state index contributed by atoms with van der Waals surface area (Å²) in [6.07, 6.45) is 6.53. The lowest BCUT2D eigenvalue weighted by Crippen LogP contribution is -2.48. The number of carbonyl (C=O) groups is 1. The zero-order valence-corrected chi connectivity index (χ0v) is 13.0. The number of likely N-dealkylation sites (tertiary alicyclic amines) is 1. The molecule has 0 saturated carbocycles. The highest BCUT2D eigenvalue weighted by Gasteiger charge is 2.29. The second-order valence-electron chi connectivity index (χ2n) is 5.31. The maximum absolute atomic E-state index is 12.4. The quantitative estimate of drug-likeness (QED) is 0.861. The van der Waals surface area contributed by atoms with E-state index < -0.39 is 0 Å². The molecule has 2 atom stereocenters. The number of rotatable bonds is 5. The number of hydrogen-bond acceptors (Lipinski definition) is 5. The first-order valence-corrected chi connectivity index (χ1v) is 8.40. The second kappa shape index (κ2) is 7.08. The molecule has 112 valence electrons. The first-order valence-electron chi connectivity index (χ1n) is 7.00. The normalized spacial score (nSPS) is 20.9. The standard InChI is InChI=1S/C13H23N5OS/c1-17-9-15-16-12(17)10-4-3-6-18(8-10)13(19)11(14)5-7-20-2/h9-11H,3-8,14H2,1-2H3/t10?,11-/m0/s1. The molecule has 0 aliphatic carbocycles. The Labute approximate surface area is 124 Å². The topological polar surface area (TPSA) is 77.0 Å². The lowest BCUT2D eigenvalue weighted by atomic mass is 9.96. The van der Waals surface area contributed by atoms with Gasteiger partial charge in [-0.05, 0) is 31.3 Å². The van der Waals surface area contributed by atoms with Crippen LogP contribution in [0.4, 0.5) is 0 Å². The molecule has 2 N–H and O–H groups in total. The minimum Gasteiger partial charge on any atom is -0.341 e. The molecule has 1 aliphatic heterocycles. The first kappa shape index (κ1) is 15.3. The zero-order chi connectivity index (χ0) is 14.5. The molecule has 1 aliphatic rings. The number of nitrogens with zero attached hydrogens (tertiary/aromatic N) is 4. The van der Waals surface area contributed by atoms with Crippen molar-refractivity contribution in [1.29, 1.82) is 0 Å². The lowest BCUT2D eigenvalue weighted by Gasteiger charge is -2.33. The first-order chi connectivity index (χ1) is 9.63. The van der Waals surface area contributed by atoms with Gasteiger partial charge in [-0.2, -0.15) is 11.8 Å². The Kier molecular flexibility index (Phi) is 5.42. The molecule has 1 fully saturated rings. The summed E-state index contributed by atoms with van der Waals surface area (Å²) in [5.74, 6) is 2.23. The van der Waals surface area contributed by atoms with Crippen molar-refractivity contribution in [3.05, 3.63) is 12.2 Å². The van der Waals surface area contributed by atoms with Crippen LogP contribution < -0.4 is 5.73 Å². The summed E-state index contributed by atoms with van der Waals surface area (Å²) in [6, 6.07) is -0.374. The fourth-order valence-electron chi connectivity index (χ4n) is 2.65. The number of nitrogens with two attached hydrogens (primary N) is 1. The van der Waals surface area contributed by atoms with Gasteiger partial charge in [0.2, 0.25) is 5.91 Å². The van der Waals surface area contributed by atoms with Crippen molar-refractivity contribution in [3.8, 4) is 0 Å². The molecular weight excluding hydrogens is 274 g/mol. The summed E-state index contributed by atoms with van der Waals surface area (Å²) in [5, 5.41) is 8.09. The van der Waals surface area contributed by atoms with E-state index in [4.69, 9.17) is 5.73 Å². The van der Waals surface area contributed by atoms with E-state index in [9.17, 15) is 4.79 Å². The van der Waals surface area contributed by atoms with Crippen molar-refractivity contribution in [3.63, 3.8) is 0 Å². The van der Waals surface area contributed by atoms with E-state index in [-0.39, 0.29) is 17.9 Å². The predicted octanol–water partition coefficient (Wildman–Crippen LogP) is 0.602. The van der Waals surface area contributed by atoms with E-state index in [1.807, 2.05) is 22.8 Å². The van der Waals surface area contributed by atoms with Crippen LogP contribution in [0.1, 0.15) is 31.0 Å².